The Morgan fingerprint density at radius 2 is 2.04 bits per heavy atom. The number of fused-ring (bicyclic) bond motifs is 1. The number of pyridine rings is 1. The smallest absolute Gasteiger partial charge is 0.315 e. The first-order valence-corrected chi connectivity index (χ1v) is 10.6. The van der Waals surface area contributed by atoms with Crippen LogP contribution in [0.4, 0.5) is 4.79 Å². The molecular formula is C20H25N5O2S. The number of methoxy groups -OCH3 is 1. The van der Waals surface area contributed by atoms with E-state index in [-0.39, 0.29) is 12.1 Å². The third kappa shape index (κ3) is 5.16. The van der Waals surface area contributed by atoms with Gasteiger partial charge in [-0.2, -0.15) is 11.8 Å². The van der Waals surface area contributed by atoms with Crippen molar-refractivity contribution in [2.75, 3.05) is 25.7 Å². The van der Waals surface area contributed by atoms with Gasteiger partial charge in [-0.3, -0.25) is 4.40 Å². The number of hydrogen-bond donors (Lipinski definition) is 2. The lowest BCUT2D eigenvalue weighted by Gasteiger charge is -2.17. The molecule has 2 N–H and O–H groups in total. The number of ether oxygens (including phenoxy) is 1. The van der Waals surface area contributed by atoms with Crippen molar-refractivity contribution >= 4 is 23.4 Å². The first-order chi connectivity index (χ1) is 13.7. The van der Waals surface area contributed by atoms with Gasteiger partial charge in [0.25, 0.3) is 0 Å². The third-order valence-corrected chi connectivity index (χ3v) is 5.07. The first kappa shape index (κ1) is 20.0. The summed E-state index contributed by atoms with van der Waals surface area (Å²) in [4.78, 5) is 12.4. The normalized spacial score (nSPS) is 11.9. The molecule has 0 aliphatic heterocycles. The summed E-state index contributed by atoms with van der Waals surface area (Å²) in [6, 6.07) is 13.2. The topological polar surface area (TPSA) is 80.5 Å². The van der Waals surface area contributed by atoms with E-state index in [2.05, 4.69) is 20.8 Å². The Morgan fingerprint density at radius 1 is 1.21 bits per heavy atom. The van der Waals surface area contributed by atoms with E-state index in [0.717, 1.165) is 41.4 Å². The minimum Gasteiger partial charge on any atom is -0.497 e. The minimum absolute atomic E-state index is 0.202. The fraction of sp³-hybridized carbons (Fsp3) is 0.350. The van der Waals surface area contributed by atoms with Crippen LogP contribution in [0.5, 0.6) is 5.75 Å². The molecule has 3 rings (SSSR count). The van der Waals surface area contributed by atoms with Gasteiger partial charge in [0.15, 0.2) is 11.5 Å². The second kappa shape index (κ2) is 9.98. The van der Waals surface area contributed by atoms with Crippen molar-refractivity contribution in [1.82, 2.24) is 25.2 Å². The van der Waals surface area contributed by atoms with Crippen molar-refractivity contribution in [2.24, 2.45) is 0 Å². The first-order valence-electron chi connectivity index (χ1n) is 9.17. The summed E-state index contributed by atoms with van der Waals surface area (Å²) in [7, 11) is 1.65. The van der Waals surface area contributed by atoms with Crippen LogP contribution in [0.1, 0.15) is 23.9 Å². The Hall–Kier alpha value is -2.74. The van der Waals surface area contributed by atoms with Gasteiger partial charge in [0.05, 0.1) is 13.2 Å². The number of rotatable bonds is 9. The fourth-order valence-corrected chi connectivity index (χ4v) is 3.39. The van der Waals surface area contributed by atoms with Crippen LogP contribution in [0, 0.1) is 0 Å². The molecule has 0 unspecified atom stereocenters. The lowest BCUT2D eigenvalue weighted by Crippen LogP contribution is -2.39. The van der Waals surface area contributed by atoms with Crippen molar-refractivity contribution in [3.63, 3.8) is 0 Å². The molecule has 7 nitrogen and oxygen atoms in total. The minimum atomic E-state index is -0.203. The van der Waals surface area contributed by atoms with E-state index in [1.54, 1.807) is 18.9 Å². The maximum Gasteiger partial charge on any atom is 0.315 e. The zero-order valence-electron chi connectivity index (χ0n) is 16.1. The zero-order valence-corrected chi connectivity index (χ0v) is 16.9. The van der Waals surface area contributed by atoms with E-state index in [4.69, 9.17) is 4.74 Å². The number of amides is 2. The molecule has 148 valence electrons. The van der Waals surface area contributed by atoms with Crippen LogP contribution in [0.3, 0.4) is 0 Å². The molecule has 2 amide bonds. The number of thioether (sulfide) groups is 1. The summed E-state index contributed by atoms with van der Waals surface area (Å²) in [5.74, 6) is 2.49. The SMILES string of the molecule is COc1ccc(CCNC(=O)N[C@@H](CCSC)c2nnc3ccccn23)cc1. The van der Waals surface area contributed by atoms with Crippen LogP contribution in [0.2, 0.25) is 0 Å². The van der Waals surface area contributed by atoms with Crippen LogP contribution in [0.25, 0.3) is 5.65 Å². The molecule has 3 aromatic rings. The number of carbonyl (C=O) groups excluding carboxylic acids is 1. The average molecular weight is 400 g/mol. The molecular weight excluding hydrogens is 374 g/mol. The number of benzene rings is 1. The largest absolute Gasteiger partial charge is 0.497 e. The van der Waals surface area contributed by atoms with Gasteiger partial charge in [-0.1, -0.05) is 18.2 Å². The fourth-order valence-electron chi connectivity index (χ4n) is 2.92. The summed E-state index contributed by atoms with van der Waals surface area (Å²) in [6.45, 7) is 0.550. The zero-order chi connectivity index (χ0) is 19.8. The molecule has 0 saturated heterocycles. The molecule has 28 heavy (non-hydrogen) atoms. The molecule has 0 aliphatic rings. The van der Waals surface area contributed by atoms with Gasteiger partial charge in [0.1, 0.15) is 5.75 Å². The van der Waals surface area contributed by atoms with Gasteiger partial charge in [-0.15, -0.1) is 10.2 Å². The molecule has 2 aromatic heterocycles. The summed E-state index contributed by atoms with van der Waals surface area (Å²) in [6.07, 6.45) is 5.50. The lowest BCUT2D eigenvalue weighted by atomic mass is 10.1. The van der Waals surface area contributed by atoms with Crippen molar-refractivity contribution in [3.05, 3.63) is 60.0 Å². The molecule has 0 fully saturated rings. The Labute approximate surface area is 168 Å². The van der Waals surface area contributed by atoms with E-state index in [9.17, 15) is 4.79 Å². The summed E-state index contributed by atoms with van der Waals surface area (Å²) < 4.78 is 7.08. The maximum absolute atomic E-state index is 12.4. The number of hydrogen-bond acceptors (Lipinski definition) is 5. The highest BCUT2D eigenvalue weighted by atomic mass is 32.2. The van der Waals surface area contributed by atoms with Crippen molar-refractivity contribution < 1.29 is 9.53 Å². The Balaban J connectivity index is 1.58. The van der Waals surface area contributed by atoms with Crippen LogP contribution in [-0.4, -0.2) is 46.3 Å². The van der Waals surface area contributed by atoms with Gasteiger partial charge in [-0.25, -0.2) is 4.79 Å². The maximum atomic E-state index is 12.4. The molecule has 0 saturated carbocycles. The quantitative estimate of drug-likeness (QED) is 0.578. The van der Waals surface area contributed by atoms with Crippen LogP contribution in [0.15, 0.2) is 48.7 Å². The van der Waals surface area contributed by atoms with E-state index in [0.29, 0.717) is 6.54 Å². The Kier molecular flexibility index (Phi) is 7.13. The standard InChI is InChI=1S/C20H25N5O2S/c1-27-16-8-6-15(7-9-16)10-12-21-20(26)22-17(11-14-28-2)19-24-23-18-5-3-4-13-25(18)19/h3-9,13,17H,10-12,14H2,1-2H3,(H2,21,22,26)/t17-/m0/s1. The van der Waals surface area contributed by atoms with Crippen molar-refractivity contribution in [3.8, 4) is 5.75 Å². The molecule has 2 heterocycles. The number of urea groups is 1. The van der Waals surface area contributed by atoms with Gasteiger partial charge >= 0.3 is 6.03 Å². The van der Waals surface area contributed by atoms with E-state index in [1.165, 1.54) is 0 Å². The van der Waals surface area contributed by atoms with Gasteiger partial charge in [0, 0.05) is 12.7 Å². The van der Waals surface area contributed by atoms with Crippen LogP contribution in [-0.2, 0) is 6.42 Å². The van der Waals surface area contributed by atoms with Crippen LogP contribution < -0.4 is 15.4 Å². The van der Waals surface area contributed by atoms with E-state index < -0.39 is 0 Å². The number of nitrogens with one attached hydrogen (secondary N) is 2. The second-order valence-corrected chi connectivity index (χ2v) is 7.31. The molecule has 0 bridgehead atoms. The summed E-state index contributed by atoms with van der Waals surface area (Å²) >= 11 is 1.74. The lowest BCUT2D eigenvalue weighted by molar-refractivity contribution is 0.236. The van der Waals surface area contributed by atoms with E-state index >= 15 is 0 Å². The monoisotopic (exact) mass is 399 g/mol. The van der Waals surface area contributed by atoms with E-state index in [1.807, 2.05) is 59.3 Å². The molecule has 0 aliphatic carbocycles. The second-order valence-electron chi connectivity index (χ2n) is 6.32. The van der Waals surface area contributed by atoms with Crippen LogP contribution >= 0.6 is 11.8 Å². The molecule has 8 heteroatoms. The Morgan fingerprint density at radius 3 is 2.79 bits per heavy atom. The van der Waals surface area contributed by atoms with Gasteiger partial charge in [-0.05, 0) is 54.7 Å². The number of carbonyl (C=O) groups is 1. The van der Waals surface area contributed by atoms with Gasteiger partial charge < -0.3 is 15.4 Å². The summed E-state index contributed by atoms with van der Waals surface area (Å²) in [5, 5.41) is 14.5. The molecule has 1 atom stereocenters. The molecule has 1 aromatic carbocycles. The highest BCUT2D eigenvalue weighted by Gasteiger charge is 2.19. The molecule has 0 radical (unpaired) electrons. The van der Waals surface area contributed by atoms with Crippen molar-refractivity contribution in [1.29, 1.82) is 0 Å². The predicted molar refractivity (Wildman–Crippen MR) is 112 cm³/mol. The van der Waals surface area contributed by atoms with Gasteiger partial charge in [0.2, 0.25) is 0 Å². The average Bonchev–Trinajstić information content (AvgIpc) is 3.16. The highest BCUT2D eigenvalue weighted by Crippen LogP contribution is 2.18. The highest BCUT2D eigenvalue weighted by molar-refractivity contribution is 7.98. The van der Waals surface area contributed by atoms with Crippen molar-refractivity contribution in [2.45, 2.75) is 18.9 Å². The predicted octanol–water partition coefficient (Wildman–Crippen LogP) is 3.07. The number of nitrogens with zero attached hydrogens (tertiary/aromatic N) is 3. The Bertz CT molecular complexity index is 897. The summed E-state index contributed by atoms with van der Waals surface area (Å²) in [5.41, 5.74) is 1.91. The molecule has 0 spiro atoms. The number of aromatic nitrogens is 3. The third-order valence-electron chi connectivity index (χ3n) is 4.43.